The highest BCUT2D eigenvalue weighted by Crippen LogP contribution is 2.39. The van der Waals surface area contributed by atoms with E-state index in [1.165, 1.54) is 25.3 Å². The Labute approximate surface area is 216 Å². The van der Waals surface area contributed by atoms with Crippen LogP contribution in [0.25, 0.3) is 0 Å². The van der Waals surface area contributed by atoms with Gasteiger partial charge >= 0.3 is 0 Å². The normalized spacial score (nSPS) is 14.8. The zero-order valence-corrected chi connectivity index (χ0v) is 21.5. The lowest BCUT2D eigenvalue weighted by molar-refractivity contribution is -0.127. The van der Waals surface area contributed by atoms with Gasteiger partial charge in [-0.2, -0.15) is 0 Å². The number of carbonyl (C=O) groups excluding carboxylic acids is 2. The van der Waals surface area contributed by atoms with Gasteiger partial charge in [0, 0.05) is 18.7 Å². The number of anilines is 1. The van der Waals surface area contributed by atoms with Gasteiger partial charge in [0.25, 0.3) is 21.8 Å². The van der Waals surface area contributed by atoms with E-state index in [9.17, 15) is 18.0 Å². The van der Waals surface area contributed by atoms with Crippen molar-refractivity contribution in [3.8, 4) is 11.5 Å². The summed E-state index contributed by atoms with van der Waals surface area (Å²) in [4.78, 5) is 25.2. The van der Waals surface area contributed by atoms with Crippen LogP contribution in [0.4, 0.5) is 5.69 Å². The van der Waals surface area contributed by atoms with Gasteiger partial charge in [0.15, 0.2) is 6.10 Å². The van der Waals surface area contributed by atoms with E-state index in [2.05, 4.69) is 10.6 Å². The number of ether oxygens (including phenoxy) is 2. The standard InChI is InChI=1S/C27H29N3O6S/c1-3-28-26(31)20-13-14-23(35-2)25(17-20)37(33,34)30-18-24(36-22-12-8-7-11-21(22)30)27(32)29-16-15-19-9-5-4-6-10-19/h4-14,17,24H,3,15-16,18H2,1-2H3,(H,28,31)(H,29,32)/t24-/m1/s1. The Bertz CT molecular complexity index is 1380. The summed E-state index contributed by atoms with van der Waals surface area (Å²) in [6.45, 7) is 2.30. The molecule has 0 radical (unpaired) electrons. The third-order valence-electron chi connectivity index (χ3n) is 5.91. The van der Waals surface area contributed by atoms with Crippen molar-refractivity contribution in [1.29, 1.82) is 0 Å². The second-order valence-electron chi connectivity index (χ2n) is 8.36. The van der Waals surface area contributed by atoms with Crippen LogP contribution in [0.3, 0.4) is 0 Å². The summed E-state index contributed by atoms with van der Waals surface area (Å²) in [5.74, 6) is -0.478. The number of amides is 2. The second kappa shape index (κ2) is 11.3. The summed E-state index contributed by atoms with van der Waals surface area (Å²) in [5, 5.41) is 5.51. The molecule has 1 heterocycles. The number of nitrogens with one attached hydrogen (secondary N) is 2. The van der Waals surface area contributed by atoms with Crippen molar-refractivity contribution in [3.63, 3.8) is 0 Å². The van der Waals surface area contributed by atoms with Crippen molar-refractivity contribution in [2.45, 2.75) is 24.3 Å². The molecule has 1 aliphatic heterocycles. The minimum absolute atomic E-state index is 0.0842. The van der Waals surface area contributed by atoms with Crippen LogP contribution in [0.2, 0.25) is 0 Å². The Morgan fingerprint density at radius 3 is 2.49 bits per heavy atom. The maximum atomic E-state index is 14.0. The van der Waals surface area contributed by atoms with E-state index in [-0.39, 0.29) is 28.5 Å². The number of nitrogens with zero attached hydrogens (tertiary/aromatic N) is 1. The molecule has 0 aliphatic carbocycles. The van der Waals surface area contributed by atoms with Gasteiger partial charge in [-0.15, -0.1) is 0 Å². The van der Waals surface area contributed by atoms with Gasteiger partial charge in [-0.3, -0.25) is 13.9 Å². The molecule has 0 aromatic heterocycles. The van der Waals surface area contributed by atoms with Gasteiger partial charge < -0.3 is 20.1 Å². The predicted octanol–water partition coefficient (Wildman–Crippen LogP) is 2.76. The zero-order valence-electron chi connectivity index (χ0n) is 20.6. The average molecular weight is 524 g/mol. The number of benzene rings is 3. The smallest absolute Gasteiger partial charge is 0.268 e. The highest BCUT2D eigenvalue weighted by Gasteiger charge is 2.38. The first-order valence-corrected chi connectivity index (χ1v) is 13.4. The van der Waals surface area contributed by atoms with Crippen LogP contribution in [0.15, 0.2) is 77.7 Å². The van der Waals surface area contributed by atoms with Crippen molar-refractivity contribution < 1.29 is 27.5 Å². The first-order chi connectivity index (χ1) is 17.8. The summed E-state index contributed by atoms with van der Waals surface area (Å²) in [6.07, 6.45) is -0.445. The number of methoxy groups -OCH3 is 1. The van der Waals surface area contributed by atoms with Crippen LogP contribution in [-0.4, -0.2) is 53.1 Å². The van der Waals surface area contributed by atoms with E-state index < -0.39 is 27.9 Å². The SMILES string of the molecule is CCNC(=O)c1ccc(OC)c(S(=O)(=O)N2C[C@H](C(=O)NCCc3ccccc3)Oc3ccccc32)c1. The Morgan fingerprint density at radius 1 is 1.03 bits per heavy atom. The van der Waals surface area contributed by atoms with E-state index in [4.69, 9.17) is 9.47 Å². The molecule has 4 rings (SSSR count). The first-order valence-electron chi connectivity index (χ1n) is 11.9. The lowest BCUT2D eigenvalue weighted by Gasteiger charge is -2.35. The van der Waals surface area contributed by atoms with Gasteiger partial charge in [0.1, 0.15) is 16.4 Å². The number of hydrogen-bond acceptors (Lipinski definition) is 6. The van der Waals surface area contributed by atoms with Crippen LogP contribution in [0, 0.1) is 0 Å². The third kappa shape index (κ3) is 5.69. The maximum absolute atomic E-state index is 14.0. The summed E-state index contributed by atoms with van der Waals surface area (Å²) in [5.41, 5.74) is 1.54. The molecule has 3 aromatic rings. The van der Waals surface area contributed by atoms with Gasteiger partial charge in [-0.05, 0) is 49.2 Å². The molecule has 0 bridgehead atoms. The number of rotatable bonds is 9. The third-order valence-corrected chi connectivity index (χ3v) is 7.72. The molecule has 10 heteroatoms. The van der Waals surface area contributed by atoms with E-state index in [0.717, 1.165) is 9.87 Å². The van der Waals surface area contributed by atoms with Crippen LogP contribution in [-0.2, 0) is 21.2 Å². The molecule has 0 saturated heterocycles. The average Bonchev–Trinajstić information content (AvgIpc) is 2.92. The molecule has 0 unspecified atom stereocenters. The molecule has 9 nitrogen and oxygen atoms in total. The molecular formula is C27H29N3O6S. The van der Waals surface area contributed by atoms with Gasteiger partial charge in [0.2, 0.25) is 0 Å². The fourth-order valence-electron chi connectivity index (χ4n) is 4.06. The van der Waals surface area contributed by atoms with Crippen LogP contribution in [0.5, 0.6) is 11.5 Å². The monoisotopic (exact) mass is 523 g/mol. The minimum atomic E-state index is -4.25. The quantitative estimate of drug-likeness (QED) is 0.446. The number of para-hydroxylation sites is 2. The Kier molecular flexibility index (Phi) is 7.98. The summed E-state index contributed by atoms with van der Waals surface area (Å²) in [7, 11) is -2.89. The van der Waals surface area contributed by atoms with E-state index in [1.54, 1.807) is 31.2 Å². The largest absolute Gasteiger partial charge is 0.495 e. The fraction of sp³-hybridized carbons (Fsp3) is 0.259. The Balaban J connectivity index is 1.62. The number of hydrogen-bond donors (Lipinski definition) is 2. The first kappa shape index (κ1) is 26.0. The van der Waals surface area contributed by atoms with Crippen molar-refractivity contribution in [2.75, 3.05) is 31.0 Å². The second-order valence-corrected chi connectivity index (χ2v) is 10.2. The minimum Gasteiger partial charge on any atom is -0.495 e. The summed E-state index contributed by atoms with van der Waals surface area (Å²) >= 11 is 0. The van der Waals surface area contributed by atoms with E-state index in [0.29, 0.717) is 25.2 Å². The highest BCUT2D eigenvalue weighted by molar-refractivity contribution is 7.93. The molecule has 1 aliphatic rings. The van der Waals surface area contributed by atoms with Gasteiger partial charge in [0.05, 0.1) is 19.3 Å². The number of sulfonamides is 1. The predicted molar refractivity (Wildman–Crippen MR) is 140 cm³/mol. The highest BCUT2D eigenvalue weighted by atomic mass is 32.2. The topological polar surface area (TPSA) is 114 Å². The number of carbonyl (C=O) groups is 2. The van der Waals surface area contributed by atoms with Crippen molar-refractivity contribution in [2.24, 2.45) is 0 Å². The molecule has 0 saturated carbocycles. The fourth-order valence-corrected chi connectivity index (χ4v) is 5.72. The lowest BCUT2D eigenvalue weighted by Crippen LogP contribution is -2.51. The molecule has 194 valence electrons. The summed E-state index contributed by atoms with van der Waals surface area (Å²) in [6, 6.07) is 20.6. The van der Waals surface area contributed by atoms with Crippen LogP contribution < -0.4 is 24.4 Å². The maximum Gasteiger partial charge on any atom is 0.268 e. The zero-order chi connectivity index (χ0) is 26.4. The molecule has 0 spiro atoms. The van der Waals surface area contributed by atoms with E-state index >= 15 is 0 Å². The molecule has 0 fully saturated rings. The molecule has 37 heavy (non-hydrogen) atoms. The van der Waals surface area contributed by atoms with Crippen molar-refractivity contribution in [1.82, 2.24) is 10.6 Å². The molecule has 2 amide bonds. The molecule has 2 N–H and O–H groups in total. The van der Waals surface area contributed by atoms with E-state index in [1.807, 2.05) is 30.3 Å². The van der Waals surface area contributed by atoms with Crippen molar-refractivity contribution in [3.05, 3.63) is 83.9 Å². The Morgan fingerprint density at radius 2 is 1.76 bits per heavy atom. The van der Waals surface area contributed by atoms with Crippen LogP contribution >= 0.6 is 0 Å². The lowest BCUT2D eigenvalue weighted by atomic mass is 10.1. The molecular weight excluding hydrogens is 494 g/mol. The van der Waals surface area contributed by atoms with Crippen LogP contribution in [0.1, 0.15) is 22.8 Å². The Hall–Kier alpha value is -4.05. The molecule has 1 atom stereocenters. The van der Waals surface area contributed by atoms with Gasteiger partial charge in [-0.25, -0.2) is 8.42 Å². The molecule has 3 aromatic carbocycles. The number of fused-ring (bicyclic) bond motifs is 1. The summed E-state index contributed by atoms with van der Waals surface area (Å²) < 4.78 is 40.3. The van der Waals surface area contributed by atoms with Gasteiger partial charge in [-0.1, -0.05) is 42.5 Å². The van der Waals surface area contributed by atoms with Crippen molar-refractivity contribution >= 4 is 27.5 Å².